The third kappa shape index (κ3) is 5.99. The predicted molar refractivity (Wildman–Crippen MR) is 97.9 cm³/mol. The van der Waals surface area contributed by atoms with Crippen LogP contribution in [0.1, 0.15) is 33.3 Å². The van der Waals surface area contributed by atoms with Crippen molar-refractivity contribution in [1.82, 2.24) is 0 Å². The van der Waals surface area contributed by atoms with Gasteiger partial charge in [-0.1, -0.05) is 24.3 Å². The van der Waals surface area contributed by atoms with Gasteiger partial charge in [-0.2, -0.15) is 0 Å². The molecular formula is C19H25F3O2Si. The van der Waals surface area contributed by atoms with E-state index >= 15 is 0 Å². The highest BCUT2D eigenvalue weighted by Gasteiger charge is 2.22. The Bertz CT molecular complexity index is 686. The zero-order chi connectivity index (χ0) is 19.2. The third-order valence-corrected chi connectivity index (χ3v) is 3.43. The van der Waals surface area contributed by atoms with Crippen LogP contribution < -0.4 is 0 Å². The third-order valence-electron chi connectivity index (χ3n) is 3.43. The first kappa shape index (κ1) is 21.4. The number of rotatable bonds is 4. The summed E-state index contributed by atoms with van der Waals surface area (Å²) in [6, 6.07) is 8.39. The lowest BCUT2D eigenvalue weighted by Gasteiger charge is -2.28. The monoisotopic (exact) mass is 370 g/mol. The largest absolute Gasteiger partial charge is 0.431 e. The fourth-order valence-corrected chi connectivity index (χ4v) is 2.45. The van der Waals surface area contributed by atoms with Crippen LogP contribution in [0, 0.1) is 17.5 Å². The fraction of sp³-hybridized carbons (Fsp3) is 0.368. The fourth-order valence-electron chi connectivity index (χ4n) is 2.45. The van der Waals surface area contributed by atoms with Crippen LogP contribution in [0.15, 0.2) is 36.4 Å². The van der Waals surface area contributed by atoms with E-state index in [0.717, 1.165) is 22.1 Å². The van der Waals surface area contributed by atoms with Crippen molar-refractivity contribution in [1.29, 1.82) is 0 Å². The molecule has 2 aromatic rings. The highest BCUT2D eigenvalue weighted by atomic mass is 28.2. The molecule has 0 bridgehead atoms. The maximum absolute atomic E-state index is 13.8. The van der Waals surface area contributed by atoms with Gasteiger partial charge in [-0.3, -0.25) is 0 Å². The second kappa shape index (κ2) is 9.17. The molecule has 2 aromatic carbocycles. The lowest BCUT2D eigenvalue weighted by molar-refractivity contribution is -0.0600. The van der Waals surface area contributed by atoms with Crippen LogP contribution in [0.3, 0.4) is 0 Å². The molecule has 0 saturated carbocycles. The first-order chi connectivity index (χ1) is 11.6. The van der Waals surface area contributed by atoms with Gasteiger partial charge in [-0.15, -0.1) is 0 Å². The normalized spacial score (nSPS) is 11.4. The smallest absolute Gasteiger partial charge is 0.161 e. The van der Waals surface area contributed by atoms with Gasteiger partial charge in [0.25, 0.3) is 0 Å². The zero-order valence-corrected chi connectivity index (χ0v) is 17.5. The van der Waals surface area contributed by atoms with Crippen molar-refractivity contribution in [2.24, 2.45) is 0 Å². The molecule has 0 N–H and O–H groups in total. The summed E-state index contributed by atoms with van der Waals surface area (Å²) >= 11 is 0. The zero-order valence-electron chi connectivity index (χ0n) is 15.5. The maximum atomic E-state index is 13.8. The molecule has 138 valence electrons. The molecule has 2 rings (SSSR count). The van der Waals surface area contributed by atoms with Gasteiger partial charge in [-0.25, -0.2) is 13.2 Å². The summed E-state index contributed by atoms with van der Waals surface area (Å²) in [5, 5.41) is 0. The van der Waals surface area contributed by atoms with Gasteiger partial charge in [0.2, 0.25) is 0 Å². The van der Waals surface area contributed by atoms with Gasteiger partial charge in [-0.05, 0) is 44.9 Å². The highest BCUT2D eigenvalue weighted by Crippen LogP contribution is 2.30. The van der Waals surface area contributed by atoms with Gasteiger partial charge in [0.1, 0.15) is 16.3 Å². The Labute approximate surface area is 150 Å². The Kier molecular flexibility index (Phi) is 7.85. The first-order valence-corrected chi connectivity index (χ1v) is 8.77. The average molecular weight is 370 g/mol. The van der Waals surface area contributed by atoms with Gasteiger partial charge in [0.15, 0.2) is 11.6 Å². The topological polar surface area (TPSA) is 18.5 Å². The summed E-state index contributed by atoms with van der Waals surface area (Å²) in [5.41, 5.74) is 0.959. The summed E-state index contributed by atoms with van der Waals surface area (Å²) in [5.74, 6) is -3.04. The van der Waals surface area contributed by atoms with Crippen molar-refractivity contribution in [3.63, 3.8) is 0 Å². The standard InChI is InChI=1S/C18H19F3O.CH6OSi/c1-11(2)22-18(3,4)13-7-5-12(6-8-13)14-9-16(20)17(21)10-15(14)19;1-2-3/h5-11H,1-4H3;1,3H3. The average Bonchev–Trinajstić information content (AvgIpc) is 2.50. The van der Waals surface area contributed by atoms with Gasteiger partial charge in [0.05, 0.1) is 11.7 Å². The van der Waals surface area contributed by atoms with Crippen LogP contribution in [0.4, 0.5) is 13.2 Å². The van der Waals surface area contributed by atoms with Crippen molar-refractivity contribution < 1.29 is 22.3 Å². The van der Waals surface area contributed by atoms with Crippen molar-refractivity contribution in [2.75, 3.05) is 7.11 Å². The Morgan fingerprint density at radius 3 is 1.88 bits per heavy atom. The molecule has 0 amide bonds. The molecule has 0 atom stereocenters. The van der Waals surface area contributed by atoms with E-state index in [-0.39, 0.29) is 11.7 Å². The van der Waals surface area contributed by atoms with E-state index < -0.39 is 23.1 Å². The van der Waals surface area contributed by atoms with Crippen molar-refractivity contribution in [3.05, 3.63) is 59.4 Å². The summed E-state index contributed by atoms with van der Waals surface area (Å²) < 4.78 is 50.3. The minimum absolute atomic E-state index is 0.0352. The van der Waals surface area contributed by atoms with Crippen LogP contribution >= 0.6 is 0 Å². The number of ether oxygens (including phenoxy) is 1. The van der Waals surface area contributed by atoms with Gasteiger partial charge >= 0.3 is 0 Å². The van der Waals surface area contributed by atoms with Crippen molar-refractivity contribution >= 4 is 10.5 Å². The summed E-state index contributed by atoms with van der Waals surface area (Å²) in [7, 11) is 2.56. The number of benzene rings is 2. The Morgan fingerprint density at radius 2 is 1.40 bits per heavy atom. The quantitative estimate of drug-likeness (QED) is 0.589. The van der Waals surface area contributed by atoms with E-state index in [1.807, 2.05) is 27.7 Å². The molecule has 25 heavy (non-hydrogen) atoms. The summed E-state index contributed by atoms with van der Waals surface area (Å²) in [6.07, 6.45) is 0.0679. The lowest BCUT2D eigenvalue weighted by Crippen LogP contribution is -2.25. The summed E-state index contributed by atoms with van der Waals surface area (Å²) in [4.78, 5) is 0. The minimum atomic E-state index is -1.19. The van der Waals surface area contributed by atoms with E-state index in [0.29, 0.717) is 11.6 Å². The molecule has 0 aliphatic heterocycles. The molecule has 0 unspecified atom stereocenters. The van der Waals surface area contributed by atoms with E-state index in [1.54, 1.807) is 31.4 Å². The van der Waals surface area contributed by atoms with Crippen LogP contribution in [-0.2, 0) is 14.8 Å². The maximum Gasteiger partial charge on any atom is 0.161 e. The van der Waals surface area contributed by atoms with E-state index in [2.05, 4.69) is 4.43 Å². The number of halogens is 3. The molecule has 0 saturated heterocycles. The molecule has 0 spiro atoms. The van der Waals surface area contributed by atoms with Gasteiger partial charge < -0.3 is 9.16 Å². The van der Waals surface area contributed by atoms with Gasteiger partial charge in [0, 0.05) is 18.7 Å². The van der Waals surface area contributed by atoms with E-state index in [4.69, 9.17) is 4.74 Å². The van der Waals surface area contributed by atoms with Crippen LogP contribution in [0.2, 0.25) is 0 Å². The Balaban J connectivity index is 0.000000970. The van der Waals surface area contributed by atoms with E-state index in [9.17, 15) is 13.2 Å². The Morgan fingerprint density at radius 1 is 0.920 bits per heavy atom. The first-order valence-electron chi connectivity index (χ1n) is 7.95. The predicted octanol–water partition coefficient (Wildman–Crippen LogP) is 4.34. The molecule has 0 aromatic heterocycles. The molecule has 0 fully saturated rings. The molecule has 0 heterocycles. The van der Waals surface area contributed by atoms with Crippen molar-refractivity contribution in [3.8, 4) is 11.1 Å². The SMILES string of the molecule is CC(C)OC(C)(C)c1ccc(-c2cc(F)c(F)cc2F)cc1.CO[SiH3]. The molecule has 6 heteroatoms. The van der Waals surface area contributed by atoms with E-state index in [1.165, 1.54) is 0 Å². The molecule has 0 aliphatic carbocycles. The van der Waals surface area contributed by atoms with Crippen LogP contribution in [0.25, 0.3) is 11.1 Å². The van der Waals surface area contributed by atoms with Crippen LogP contribution in [-0.4, -0.2) is 23.7 Å². The second-order valence-corrected chi connectivity index (χ2v) is 7.23. The lowest BCUT2D eigenvalue weighted by atomic mass is 9.95. The van der Waals surface area contributed by atoms with Crippen LogP contribution in [0.5, 0.6) is 0 Å². The number of hydrogen-bond acceptors (Lipinski definition) is 2. The molecule has 0 aliphatic rings. The molecular weight excluding hydrogens is 345 g/mol. The molecule has 2 nitrogen and oxygen atoms in total. The summed E-state index contributed by atoms with van der Waals surface area (Å²) in [6.45, 7) is 7.79. The highest BCUT2D eigenvalue weighted by molar-refractivity contribution is 5.97. The number of hydrogen-bond donors (Lipinski definition) is 0. The Hall–Kier alpha value is -1.63. The minimum Gasteiger partial charge on any atom is -0.431 e. The van der Waals surface area contributed by atoms with Crippen molar-refractivity contribution in [2.45, 2.75) is 39.4 Å². The molecule has 0 radical (unpaired) electrons. The second-order valence-electron chi connectivity index (χ2n) is 6.41.